The fourth-order valence-electron chi connectivity index (χ4n) is 2.97. The molecular weight excluding hydrogens is 469 g/mol. The predicted octanol–water partition coefficient (Wildman–Crippen LogP) is 2.44. The van der Waals surface area contributed by atoms with Gasteiger partial charge in [-0.1, -0.05) is 34.1 Å². The molecule has 8 heteroatoms. The van der Waals surface area contributed by atoms with Gasteiger partial charge in [0, 0.05) is 52.1 Å². The van der Waals surface area contributed by atoms with Gasteiger partial charge in [-0.05, 0) is 24.7 Å². The Balaban J connectivity index is 0.00000729. The largest absolute Gasteiger partial charge is 0.370 e. The van der Waals surface area contributed by atoms with Crippen molar-refractivity contribution in [1.29, 1.82) is 0 Å². The van der Waals surface area contributed by atoms with Crippen molar-refractivity contribution in [2.24, 2.45) is 22.6 Å². The topological polar surface area (TPSA) is 91.0 Å². The number of carbonyl (C=O) groups is 2. The van der Waals surface area contributed by atoms with E-state index in [4.69, 9.17) is 5.73 Å². The Hall–Kier alpha value is -1.06. The molecule has 0 radical (unpaired) electrons. The first kappa shape index (κ1) is 26.9. The van der Waals surface area contributed by atoms with Gasteiger partial charge >= 0.3 is 0 Å². The molecule has 0 aliphatic carbocycles. The number of aliphatic imine (C=N–C) groups is 1. The second-order valence-electron chi connectivity index (χ2n) is 8.22. The van der Waals surface area contributed by atoms with E-state index in [2.05, 4.69) is 38.0 Å². The minimum atomic E-state index is 0. The zero-order valence-corrected chi connectivity index (χ0v) is 20.4. The fourth-order valence-corrected chi connectivity index (χ4v) is 2.97. The summed E-state index contributed by atoms with van der Waals surface area (Å²) in [6.45, 7) is 12.5. The molecule has 0 spiro atoms. The van der Waals surface area contributed by atoms with E-state index in [0.29, 0.717) is 56.8 Å². The zero-order valence-electron chi connectivity index (χ0n) is 18.1. The van der Waals surface area contributed by atoms with Gasteiger partial charge in [-0.15, -0.1) is 24.0 Å². The van der Waals surface area contributed by atoms with Gasteiger partial charge in [-0.3, -0.25) is 14.6 Å². The third-order valence-electron chi connectivity index (χ3n) is 4.57. The van der Waals surface area contributed by atoms with Crippen molar-refractivity contribution in [2.45, 2.75) is 59.8 Å². The van der Waals surface area contributed by atoms with Crippen molar-refractivity contribution < 1.29 is 9.59 Å². The lowest BCUT2D eigenvalue weighted by Crippen LogP contribution is -2.50. The Morgan fingerprint density at radius 2 is 1.50 bits per heavy atom. The van der Waals surface area contributed by atoms with E-state index in [1.807, 2.05) is 9.80 Å². The Kier molecular flexibility index (Phi) is 14.3. The molecule has 164 valence electrons. The van der Waals surface area contributed by atoms with Crippen LogP contribution in [0.25, 0.3) is 0 Å². The summed E-state index contributed by atoms with van der Waals surface area (Å²) in [6.07, 6.45) is 4.02. The summed E-state index contributed by atoms with van der Waals surface area (Å²) in [5.74, 6) is 1.80. The maximum atomic E-state index is 12.3. The maximum Gasteiger partial charge on any atom is 0.222 e. The van der Waals surface area contributed by atoms with E-state index in [1.54, 1.807) is 0 Å². The van der Waals surface area contributed by atoms with Gasteiger partial charge in [0.25, 0.3) is 0 Å². The van der Waals surface area contributed by atoms with E-state index in [-0.39, 0.29) is 35.8 Å². The molecule has 1 fully saturated rings. The lowest BCUT2D eigenvalue weighted by molar-refractivity contribution is -0.140. The zero-order chi connectivity index (χ0) is 20.2. The molecule has 1 saturated heterocycles. The van der Waals surface area contributed by atoms with Gasteiger partial charge < -0.3 is 20.9 Å². The number of nitrogens with zero attached hydrogens (tertiary/aromatic N) is 3. The number of rotatable bonds is 10. The molecule has 1 aliphatic heterocycles. The van der Waals surface area contributed by atoms with Gasteiger partial charge in [-0.25, -0.2) is 0 Å². The molecule has 2 amide bonds. The van der Waals surface area contributed by atoms with Crippen LogP contribution in [0.3, 0.4) is 0 Å². The van der Waals surface area contributed by atoms with Crippen molar-refractivity contribution in [1.82, 2.24) is 15.1 Å². The Labute approximate surface area is 187 Å². The number of amides is 2. The van der Waals surface area contributed by atoms with Crippen molar-refractivity contribution in [3.8, 4) is 0 Å². The molecule has 7 nitrogen and oxygen atoms in total. The number of piperazine rings is 1. The van der Waals surface area contributed by atoms with Crippen LogP contribution in [0.5, 0.6) is 0 Å². The third kappa shape index (κ3) is 11.7. The molecule has 0 aromatic heterocycles. The smallest absolute Gasteiger partial charge is 0.222 e. The van der Waals surface area contributed by atoms with Gasteiger partial charge in [0.1, 0.15) is 0 Å². The highest BCUT2D eigenvalue weighted by Gasteiger charge is 2.23. The Bertz CT molecular complexity index is 489. The summed E-state index contributed by atoms with van der Waals surface area (Å²) in [5, 5.41) is 3.11. The number of carbonyl (C=O) groups excluding carboxylic acids is 2. The van der Waals surface area contributed by atoms with E-state index in [1.165, 1.54) is 0 Å². The lowest BCUT2D eigenvalue weighted by Gasteiger charge is -2.35. The summed E-state index contributed by atoms with van der Waals surface area (Å²) in [5.41, 5.74) is 5.79. The van der Waals surface area contributed by atoms with Crippen molar-refractivity contribution >= 4 is 41.8 Å². The minimum Gasteiger partial charge on any atom is -0.370 e. The number of guanidine groups is 1. The highest BCUT2D eigenvalue weighted by molar-refractivity contribution is 14.0. The third-order valence-corrected chi connectivity index (χ3v) is 4.57. The Morgan fingerprint density at radius 3 is 2.04 bits per heavy atom. The SMILES string of the molecule is CC(C)CN=C(N)NCCCCCC(=O)N1CCN(C(=O)CC(C)C)CC1.I. The molecule has 1 rings (SSSR count). The maximum absolute atomic E-state index is 12.3. The molecule has 28 heavy (non-hydrogen) atoms. The summed E-state index contributed by atoms with van der Waals surface area (Å²) in [4.78, 5) is 32.4. The molecule has 1 aliphatic rings. The van der Waals surface area contributed by atoms with Crippen LogP contribution in [0, 0.1) is 11.8 Å². The number of unbranched alkanes of at least 4 members (excludes halogenated alkanes) is 2. The quantitative estimate of drug-likeness (QED) is 0.205. The number of halogens is 1. The van der Waals surface area contributed by atoms with Crippen LogP contribution in [0.15, 0.2) is 4.99 Å². The van der Waals surface area contributed by atoms with Gasteiger partial charge in [0.2, 0.25) is 11.8 Å². The summed E-state index contributed by atoms with van der Waals surface area (Å²) < 4.78 is 0. The van der Waals surface area contributed by atoms with Crippen LogP contribution in [0.2, 0.25) is 0 Å². The second kappa shape index (κ2) is 14.9. The average molecular weight is 509 g/mol. The predicted molar refractivity (Wildman–Crippen MR) is 126 cm³/mol. The van der Waals surface area contributed by atoms with E-state index in [0.717, 1.165) is 32.4 Å². The van der Waals surface area contributed by atoms with Crippen molar-refractivity contribution in [3.63, 3.8) is 0 Å². The molecule has 1 heterocycles. The van der Waals surface area contributed by atoms with Crippen LogP contribution >= 0.6 is 24.0 Å². The van der Waals surface area contributed by atoms with E-state index < -0.39 is 0 Å². The molecule has 3 N–H and O–H groups in total. The van der Waals surface area contributed by atoms with Crippen LogP contribution < -0.4 is 11.1 Å². The Morgan fingerprint density at radius 1 is 0.929 bits per heavy atom. The van der Waals surface area contributed by atoms with Gasteiger partial charge in [0.15, 0.2) is 5.96 Å². The average Bonchev–Trinajstić information content (AvgIpc) is 2.62. The molecule has 0 aromatic carbocycles. The first-order chi connectivity index (χ1) is 12.8. The number of nitrogens with one attached hydrogen (secondary N) is 1. The van der Waals surface area contributed by atoms with E-state index >= 15 is 0 Å². The number of nitrogens with two attached hydrogens (primary N) is 1. The molecule has 0 unspecified atom stereocenters. The lowest BCUT2D eigenvalue weighted by atomic mass is 10.1. The van der Waals surface area contributed by atoms with E-state index in [9.17, 15) is 9.59 Å². The summed E-state index contributed by atoms with van der Waals surface area (Å²) in [7, 11) is 0. The molecule has 0 aromatic rings. The molecular formula is C20H40IN5O2. The minimum absolute atomic E-state index is 0. The van der Waals surface area contributed by atoms with Crippen LogP contribution in [-0.4, -0.2) is 66.8 Å². The highest BCUT2D eigenvalue weighted by atomic mass is 127. The molecule has 0 saturated carbocycles. The molecule has 0 atom stereocenters. The van der Waals surface area contributed by atoms with Crippen molar-refractivity contribution in [3.05, 3.63) is 0 Å². The first-order valence-corrected chi connectivity index (χ1v) is 10.4. The monoisotopic (exact) mass is 509 g/mol. The summed E-state index contributed by atoms with van der Waals surface area (Å²) >= 11 is 0. The van der Waals surface area contributed by atoms with Crippen LogP contribution in [-0.2, 0) is 9.59 Å². The van der Waals surface area contributed by atoms with Gasteiger partial charge in [-0.2, -0.15) is 0 Å². The standard InChI is InChI=1S/C20H39N5O2.HI/c1-16(2)14-19(27)25-12-10-24(11-13-25)18(26)8-6-5-7-9-22-20(21)23-15-17(3)4;/h16-17H,5-15H2,1-4H3,(H3,21,22,23);1H. The van der Waals surface area contributed by atoms with Crippen LogP contribution in [0.4, 0.5) is 0 Å². The van der Waals surface area contributed by atoms with Gasteiger partial charge in [0.05, 0.1) is 0 Å². The molecule has 0 bridgehead atoms. The van der Waals surface area contributed by atoms with Crippen molar-refractivity contribution in [2.75, 3.05) is 39.3 Å². The number of hydrogen-bond acceptors (Lipinski definition) is 3. The highest BCUT2D eigenvalue weighted by Crippen LogP contribution is 2.10. The fraction of sp³-hybridized carbons (Fsp3) is 0.850. The number of hydrogen-bond donors (Lipinski definition) is 2. The second-order valence-corrected chi connectivity index (χ2v) is 8.22. The summed E-state index contributed by atoms with van der Waals surface area (Å²) in [6, 6.07) is 0. The van der Waals surface area contributed by atoms with Crippen LogP contribution in [0.1, 0.15) is 59.8 Å². The normalized spacial score (nSPS) is 15.0. The first-order valence-electron chi connectivity index (χ1n) is 10.4.